The molecule has 0 saturated heterocycles. The third kappa shape index (κ3) is 3.24. The van der Waals surface area contributed by atoms with Crippen molar-refractivity contribution in [1.29, 1.82) is 0 Å². The summed E-state index contributed by atoms with van der Waals surface area (Å²) in [6.07, 6.45) is 6.78. The van der Waals surface area contributed by atoms with Crippen molar-refractivity contribution >= 4 is 11.8 Å². The number of nitrogens with zero attached hydrogens (tertiary/aromatic N) is 3. The van der Waals surface area contributed by atoms with Crippen molar-refractivity contribution in [2.24, 2.45) is 0 Å². The predicted octanol–water partition coefficient (Wildman–Crippen LogP) is 4.55. The number of benzene rings is 1. The smallest absolute Gasteiger partial charge is 0.191 e. The van der Waals surface area contributed by atoms with Crippen LogP contribution < -0.4 is 0 Å². The van der Waals surface area contributed by atoms with Gasteiger partial charge in [0.1, 0.15) is 11.6 Å². The van der Waals surface area contributed by atoms with Crippen LogP contribution in [0, 0.1) is 5.82 Å². The molecule has 1 fully saturated rings. The molecule has 0 amide bonds. The minimum Gasteiger partial charge on any atom is -0.302 e. The fourth-order valence-corrected chi connectivity index (χ4v) is 3.89. The molecule has 0 unspecified atom stereocenters. The van der Waals surface area contributed by atoms with E-state index in [1.165, 1.54) is 43.5 Å². The lowest BCUT2D eigenvalue weighted by atomic mass is 10.1. The third-order valence-electron chi connectivity index (χ3n) is 4.09. The molecule has 1 aliphatic rings. The average molecular weight is 317 g/mol. The molecule has 1 aliphatic carbocycles. The molecule has 1 aromatic heterocycles. The van der Waals surface area contributed by atoms with E-state index in [0.717, 1.165) is 11.0 Å². The summed E-state index contributed by atoms with van der Waals surface area (Å²) in [4.78, 5) is 0. The lowest BCUT2D eigenvalue weighted by molar-refractivity contribution is 0.594. The van der Waals surface area contributed by atoms with Crippen LogP contribution in [0.5, 0.6) is 0 Å². The number of thioether (sulfide) groups is 1. The Hall–Kier alpha value is -1.62. The highest BCUT2D eigenvalue weighted by atomic mass is 32.2. The standard InChI is InChI=1S/C17H20FN3S/c1-2-11-21-16(13-7-3-4-8-13)19-20-17(21)22-12-14-9-5-6-10-15(14)18/h2,5-6,9-10,13H,1,3-4,7-8,11-12H2. The van der Waals surface area contributed by atoms with Crippen LogP contribution in [-0.4, -0.2) is 14.8 Å². The summed E-state index contributed by atoms with van der Waals surface area (Å²) in [5.74, 6) is 1.97. The van der Waals surface area contributed by atoms with E-state index in [4.69, 9.17) is 0 Å². The Morgan fingerprint density at radius 3 is 2.77 bits per heavy atom. The summed E-state index contributed by atoms with van der Waals surface area (Å²) in [6.45, 7) is 4.54. The first-order valence-electron chi connectivity index (χ1n) is 7.70. The second-order valence-electron chi connectivity index (χ2n) is 5.60. The first-order valence-corrected chi connectivity index (χ1v) is 8.68. The molecule has 3 rings (SSSR count). The number of allylic oxidation sites excluding steroid dienone is 1. The molecule has 1 heterocycles. The van der Waals surface area contributed by atoms with Crippen molar-refractivity contribution in [2.45, 2.75) is 49.1 Å². The second-order valence-corrected chi connectivity index (χ2v) is 6.54. The number of hydrogen-bond acceptors (Lipinski definition) is 3. The van der Waals surface area contributed by atoms with E-state index in [1.54, 1.807) is 6.07 Å². The van der Waals surface area contributed by atoms with Gasteiger partial charge in [-0.25, -0.2) is 4.39 Å². The highest BCUT2D eigenvalue weighted by Gasteiger charge is 2.24. The van der Waals surface area contributed by atoms with Gasteiger partial charge in [0.2, 0.25) is 0 Å². The van der Waals surface area contributed by atoms with Crippen LogP contribution in [0.25, 0.3) is 0 Å². The van der Waals surface area contributed by atoms with Crippen molar-refractivity contribution in [3.05, 3.63) is 54.1 Å². The van der Waals surface area contributed by atoms with Crippen molar-refractivity contribution in [3.63, 3.8) is 0 Å². The maximum atomic E-state index is 13.7. The largest absolute Gasteiger partial charge is 0.302 e. The van der Waals surface area contributed by atoms with Gasteiger partial charge in [-0.1, -0.05) is 48.9 Å². The van der Waals surface area contributed by atoms with E-state index < -0.39 is 0 Å². The van der Waals surface area contributed by atoms with Crippen LogP contribution in [0.15, 0.2) is 42.1 Å². The van der Waals surface area contributed by atoms with E-state index in [9.17, 15) is 4.39 Å². The van der Waals surface area contributed by atoms with Crippen molar-refractivity contribution < 1.29 is 4.39 Å². The summed E-state index contributed by atoms with van der Waals surface area (Å²) in [5.41, 5.74) is 0.697. The zero-order valence-electron chi connectivity index (χ0n) is 12.5. The molecule has 0 atom stereocenters. The minimum absolute atomic E-state index is 0.166. The molecule has 2 aromatic rings. The van der Waals surface area contributed by atoms with Crippen molar-refractivity contribution in [1.82, 2.24) is 14.8 Å². The quantitative estimate of drug-likeness (QED) is 0.578. The summed E-state index contributed by atoms with van der Waals surface area (Å²) < 4.78 is 15.9. The molecule has 116 valence electrons. The third-order valence-corrected chi connectivity index (χ3v) is 5.11. The molecule has 3 nitrogen and oxygen atoms in total. The average Bonchev–Trinajstić information content (AvgIpc) is 3.16. The van der Waals surface area contributed by atoms with Gasteiger partial charge in [-0.15, -0.1) is 16.8 Å². The Morgan fingerprint density at radius 2 is 2.05 bits per heavy atom. The lowest BCUT2D eigenvalue weighted by Gasteiger charge is -2.12. The van der Waals surface area contributed by atoms with Crippen LogP contribution in [0.3, 0.4) is 0 Å². The van der Waals surface area contributed by atoms with Gasteiger partial charge in [-0.3, -0.25) is 0 Å². The van der Waals surface area contributed by atoms with E-state index in [1.807, 2.05) is 18.2 Å². The van der Waals surface area contributed by atoms with Crippen LogP contribution >= 0.6 is 11.8 Å². The number of rotatable bonds is 6. The maximum Gasteiger partial charge on any atom is 0.191 e. The zero-order valence-corrected chi connectivity index (χ0v) is 13.4. The Labute approximate surface area is 134 Å². The van der Waals surface area contributed by atoms with Crippen molar-refractivity contribution in [2.75, 3.05) is 0 Å². The molecular weight excluding hydrogens is 297 g/mol. The highest BCUT2D eigenvalue weighted by molar-refractivity contribution is 7.98. The monoisotopic (exact) mass is 317 g/mol. The number of halogens is 1. The Balaban J connectivity index is 1.78. The fourth-order valence-electron chi connectivity index (χ4n) is 2.95. The Bertz CT molecular complexity index is 647. The van der Waals surface area contributed by atoms with Gasteiger partial charge < -0.3 is 4.57 Å². The summed E-state index contributed by atoms with van der Waals surface area (Å²) in [6, 6.07) is 6.88. The molecule has 0 bridgehead atoms. The lowest BCUT2D eigenvalue weighted by Crippen LogP contribution is -2.07. The minimum atomic E-state index is -0.166. The highest BCUT2D eigenvalue weighted by Crippen LogP contribution is 2.35. The van der Waals surface area contributed by atoms with Gasteiger partial charge in [0.15, 0.2) is 5.16 Å². The Morgan fingerprint density at radius 1 is 1.27 bits per heavy atom. The fraction of sp³-hybridized carbons (Fsp3) is 0.412. The van der Waals surface area contributed by atoms with Crippen LogP contribution in [-0.2, 0) is 12.3 Å². The van der Waals surface area contributed by atoms with Crippen LogP contribution in [0.1, 0.15) is 43.0 Å². The zero-order chi connectivity index (χ0) is 15.4. The molecule has 22 heavy (non-hydrogen) atoms. The first kappa shape index (κ1) is 15.3. The Kier molecular flexibility index (Phi) is 4.93. The molecule has 0 spiro atoms. The van der Waals surface area contributed by atoms with Crippen molar-refractivity contribution in [3.8, 4) is 0 Å². The number of hydrogen-bond donors (Lipinski definition) is 0. The molecule has 5 heteroatoms. The van der Waals surface area contributed by atoms with Gasteiger partial charge >= 0.3 is 0 Å². The molecule has 0 N–H and O–H groups in total. The molecule has 1 aromatic carbocycles. The summed E-state index contributed by atoms with van der Waals surface area (Å²) in [5, 5.41) is 9.58. The van der Waals surface area contributed by atoms with Crippen LogP contribution in [0.4, 0.5) is 4.39 Å². The van der Waals surface area contributed by atoms with Crippen LogP contribution in [0.2, 0.25) is 0 Å². The van der Waals surface area contributed by atoms with E-state index in [-0.39, 0.29) is 5.82 Å². The maximum absolute atomic E-state index is 13.7. The normalized spacial score (nSPS) is 15.3. The molecular formula is C17H20FN3S. The summed E-state index contributed by atoms with van der Waals surface area (Å²) >= 11 is 1.54. The molecule has 1 saturated carbocycles. The first-order chi connectivity index (χ1) is 10.8. The van der Waals surface area contributed by atoms with E-state index >= 15 is 0 Å². The second kappa shape index (κ2) is 7.09. The van der Waals surface area contributed by atoms with Gasteiger partial charge in [0.25, 0.3) is 0 Å². The molecule has 0 radical (unpaired) electrons. The van der Waals surface area contributed by atoms with Gasteiger partial charge in [0.05, 0.1) is 0 Å². The van der Waals surface area contributed by atoms with Gasteiger partial charge in [-0.2, -0.15) is 0 Å². The van der Waals surface area contributed by atoms with Gasteiger partial charge in [-0.05, 0) is 24.5 Å². The van der Waals surface area contributed by atoms with E-state index in [2.05, 4.69) is 21.3 Å². The summed E-state index contributed by atoms with van der Waals surface area (Å²) in [7, 11) is 0. The van der Waals surface area contributed by atoms with Gasteiger partial charge in [0, 0.05) is 18.2 Å². The molecule has 0 aliphatic heterocycles. The topological polar surface area (TPSA) is 30.7 Å². The SMILES string of the molecule is C=CCn1c(SCc2ccccc2F)nnc1C1CCCC1. The number of aromatic nitrogens is 3. The van der Waals surface area contributed by atoms with E-state index in [0.29, 0.717) is 23.8 Å². The predicted molar refractivity (Wildman–Crippen MR) is 87.4 cm³/mol.